The number of hydrogen-bond acceptors (Lipinski definition) is 9. The molecule has 2 heterocycles. The van der Waals surface area contributed by atoms with Gasteiger partial charge in [0.2, 0.25) is 11.0 Å². The molecule has 25 heavy (non-hydrogen) atoms. The van der Waals surface area contributed by atoms with Crippen LogP contribution in [0.1, 0.15) is 15.4 Å². The molecule has 11 heteroatoms. The summed E-state index contributed by atoms with van der Waals surface area (Å²) in [5.41, 5.74) is 1.31. The fraction of sp³-hybridized carbons (Fsp3) is 0.143. The van der Waals surface area contributed by atoms with Crippen molar-refractivity contribution in [2.24, 2.45) is 0 Å². The Bertz CT molecular complexity index is 880. The summed E-state index contributed by atoms with van der Waals surface area (Å²) in [6, 6.07) is 9.21. The summed E-state index contributed by atoms with van der Waals surface area (Å²) in [6.45, 7) is 1.71. The number of para-hydroxylation sites is 1. The maximum Gasteiger partial charge on any atom is 0.271 e. The number of amides is 2. The quantitative estimate of drug-likeness (QED) is 0.490. The SMILES string of the molecule is Cc1nnsc1C(=O)Nc1nnc(SCC(=O)Nc2ccccc2)s1. The second-order valence-corrected chi connectivity index (χ2v) is 7.67. The number of rotatable bonds is 6. The number of carbonyl (C=O) groups excluding carboxylic acids is 2. The van der Waals surface area contributed by atoms with E-state index in [2.05, 4.69) is 30.4 Å². The number of anilines is 2. The van der Waals surface area contributed by atoms with Gasteiger partial charge in [-0.15, -0.1) is 15.3 Å². The van der Waals surface area contributed by atoms with Crippen molar-refractivity contribution in [3.63, 3.8) is 0 Å². The van der Waals surface area contributed by atoms with Crippen molar-refractivity contribution in [1.82, 2.24) is 19.8 Å². The first kappa shape index (κ1) is 17.5. The van der Waals surface area contributed by atoms with E-state index in [1.54, 1.807) is 6.92 Å². The Morgan fingerprint density at radius 3 is 2.64 bits per heavy atom. The average Bonchev–Trinajstić information content (AvgIpc) is 3.23. The molecule has 3 rings (SSSR count). The Balaban J connectivity index is 1.51. The lowest BCUT2D eigenvalue weighted by molar-refractivity contribution is -0.113. The molecule has 0 spiro atoms. The molecule has 0 saturated carbocycles. The lowest BCUT2D eigenvalue weighted by Gasteiger charge is -2.02. The minimum absolute atomic E-state index is 0.136. The predicted octanol–water partition coefficient (Wildman–Crippen LogP) is 2.68. The van der Waals surface area contributed by atoms with Gasteiger partial charge in [-0.05, 0) is 30.6 Å². The number of aromatic nitrogens is 4. The highest BCUT2D eigenvalue weighted by atomic mass is 32.2. The minimum atomic E-state index is -0.318. The molecule has 2 aromatic heterocycles. The Morgan fingerprint density at radius 2 is 1.92 bits per heavy atom. The van der Waals surface area contributed by atoms with Crippen molar-refractivity contribution in [2.45, 2.75) is 11.3 Å². The molecule has 0 aliphatic rings. The predicted molar refractivity (Wildman–Crippen MR) is 98.3 cm³/mol. The van der Waals surface area contributed by atoms with Gasteiger partial charge < -0.3 is 5.32 Å². The van der Waals surface area contributed by atoms with Crippen molar-refractivity contribution in [3.8, 4) is 0 Å². The van der Waals surface area contributed by atoms with E-state index < -0.39 is 0 Å². The van der Waals surface area contributed by atoms with Gasteiger partial charge in [-0.1, -0.05) is 45.8 Å². The highest BCUT2D eigenvalue weighted by Crippen LogP contribution is 2.26. The summed E-state index contributed by atoms with van der Waals surface area (Å²) in [5.74, 6) is -0.250. The first-order chi connectivity index (χ1) is 12.1. The van der Waals surface area contributed by atoms with Crippen LogP contribution in [0.15, 0.2) is 34.7 Å². The highest BCUT2D eigenvalue weighted by molar-refractivity contribution is 8.01. The van der Waals surface area contributed by atoms with Gasteiger partial charge >= 0.3 is 0 Å². The number of benzene rings is 1. The number of thioether (sulfide) groups is 1. The van der Waals surface area contributed by atoms with Gasteiger partial charge in [0.1, 0.15) is 4.88 Å². The summed E-state index contributed by atoms with van der Waals surface area (Å²) < 4.78 is 4.32. The van der Waals surface area contributed by atoms with Crippen LogP contribution in [0.2, 0.25) is 0 Å². The Labute approximate surface area is 155 Å². The fourth-order valence-electron chi connectivity index (χ4n) is 1.76. The van der Waals surface area contributed by atoms with Crippen LogP contribution in [0, 0.1) is 6.92 Å². The van der Waals surface area contributed by atoms with Crippen LogP contribution in [0.5, 0.6) is 0 Å². The van der Waals surface area contributed by atoms with Crippen LogP contribution < -0.4 is 10.6 Å². The van der Waals surface area contributed by atoms with E-state index in [0.717, 1.165) is 17.2 Å². The Morgan fingerprint density at radius 1 is 1.12 bits per heavy atom. The molecule has 0 saturated heterocycles. The third-order valence-corrected chi connectivity index (χ3v) is 5.67. The van der Waals surface area contributed by atoms with Crippen molar-refractivity contribution in [2.75, 3.05) is 16.4 Å². The van der Waals surface area contributed by atoms with Gasteiger partial charge in [0.05, 0.1) is 11.4 Å². The summed E-state index contributed by atoms with van der Waals surface area (Å²) in [4.78, 5) is 24.4. The zero-order chi connectivity index (χ0) is 17.6. The van der Waals surface area contributed by atoms with Gasteiger partial charge in [0.25, 0.3) is 5.91 Å². The number of aryl methyl sites for hydroxylation is 1. The maximum absolute atomic E-state index is 12.1. The van der Waals surface area contributed by atoms with Crippen molar-refractivity contribution in [1.29, 1.82) is 0 Å². The Kier molecular flexibility index (Phi) is 5.68. The minimum Gasteiger partial charge on any atom is -0.325 e. The molecule has 2 amide bonds. The third kappa shape index (κ3) is 4.81. The average molecular weight is 392 g/mol. The van der Waals surface area contributed by atoms with Gasteiger partial charge in [-0.2, -0.15) is 0 Å². The lowest BCUT2D eigenvalue weighted by Crippen LogP contribution is -2.13. The topological polar surface area (TPSA) is 110 Å². The lowest BCUT2D eigenvalue weighted by atomic mass is 10.3. The van der Waals surface area contributed by atoms with E-state index in [4.69, 9.17) is 0 Å². The second kappa shape index (κ2) is 8.14. The van der Waals surface area contributed by atoms with Crippen LogP contribution in [0.3, 0.4) is 0 Å². The van der Waals surface area contributed by atoms with E-state index in [1.807, 2.05) is 30.3 Å². The molecule has 0 atom stereocenters. The van der Waals surface area contributed by atoms with Gasteiger partial charge in [-0.25, -0.2) is 0 Å². The molecule has 0 bridgehead atoms. The molecule has 8 nitrogen and oxygen atoms in total. The molecule has 3 aromatic rings. The Hall–Kier alpha value is -2.37. The van der Waals surface area contributed by atoms with Crippen LogP contribution in [-0.2, 0) is 4.79 Å². The highest BCUT2D eigenvalue weighted by Gasteiger charge is 2.16. The molecule has 0 unspecified atom stereocenters. The largest absolute Gasteiger partial charge is 0.325 e. The van der Waals surface area contributed by atoms with Crippen molar-refractivity contribution in [3.05, 3.63) is 40.9 Å². The molecule has 1 aromatic carbocycles. The van der Waals surface area contributed by atoms with E-state index in [-0.39, 0.29) is 17.6 Å². The van der Waals surface area contributed by atoms with Crippen LogP contribution >= 0.6 is 34.6 Å². The molecule has 0 fully saturated rings. The molecule has 128 valence electrons. The number of carbonyl (C=O) groups is 2. The van der Waals surface area contributed by atoms with Crippen molar-refractivity contribution < 1.29 is 9.59 Å². The summed E-state index contributed by atoms with van der Waals surface area (Å²) in [6.07, 6.45) is 0. The standard InChI is InChI=1S/C14H12N6O2S3/c1-8-11(25-20-17-8)12(22)16-13-18-19-14(24-13)23-7-10(21)15-9-5-3-2-4-6-9/h2-6H,7H2,1H3,(H,15,21)(H,16,18,22). The van der Waals surface area contributed by atoms with Crippen LogP contribution in [-0.4, -0.2) is 37.4 Å². The third-order valence-electron chi connectivity index (χ3n) is 2.87. The summed E-state index contributed by atoms with van der Waals surface area (Å²) >= 11 is 3.48. The summed E-state index contributed by atoms with van der Waals surface area (Å²) in [7, 11) is 0. The van der Waals surface area contributed by atoms with E-state index in [1.165, 1.54) is 23.1 Å². The molecular formula is C14H12N6O2S3. The summed E-state index contributed by atoms with van der Waals surface area (Å²) in [5, 5.41) is 17.5. The second-order valence-electron chi connectivity index (χ2n) is 4.72. The van der Waals surface area contributed by atoms with Crippen LogP contribution in [0.4, 0.5) is 10.8 Å². The zero-order valence-electron chi connectivity index (χ0n) is 12.9. The molecule has 0 aliphatic heterocycles. The number of nitrogens with zero attached hydrogens (tertiary/aromatic N) is 4. The van der Waals surface area contributed by atoms with Gasteiger partial charge in [0.15, 0.2) is 4.34 Å². The smallest absolute Gasteiger partial charge is 0.271 e. The fourth-order valence-corrected chi connectivity index (χ4v) is 3.86. The van der Waals surface area contributed by atoms with Crippen LogP contribution in [0.25, 0.3) is 0 Å². The number of nitrogens with one attached hydrogen (secondary N) is 2. The first-order valence-electron chi connectivity index (χ1n) is 7.03. The van der Waals surface area contributed by atoms with Crippen molar-refractivity contribution >= 4 is 57.3 Å². The monoisotopic (exact) mass is 392 g/mol. The van der Waals surface area contributed by atoms with E-state index in [0.29, 0.717) is 20.0 Å². The normalized spacial score (nSPS) is 10.4. The zero-order valence-corrected chi connectivity index (χ0v) is 15.4. The van der Waals surface area contributed by atoms with Gasteiger partial charge in [0, 0.05) is 5.69 Å². The van der Waals surface area contributed by atoms with E-state index in [9.17, 15) is 9.59 Å². The van der Waals surface area contributed by atoms with Gasteiger partial charge in [-0.3, -0.25) is 14.9 Å². The first-order valence-corrected chi connectivity index (χ1v) is 9.61. The maximum atomic E-state index is 12.1. The number of hydrogen-bond donors (Lipinski definition) is 2. The van der Waals surface area contributed by atoms with E-state index >= 15 is 0 Å². The molecule has 0 radical (unpaired) electrons. The molecule has 2 N–H and O–H groups in total. The molecular weight excluding hydrogens is 380 g/mol. The molecule has 0 aliphatic carbocycles.